The van der Waals surface area contributed by atoms with Gasteiger partial charge in [0, 0.05) is 13.5 Å². The maximum Gasteiger partial charge on any atom is 0.220 e. The van der Waals surface area contributed by atoms with Gasteiger partial charge in [-0.1, -0.05) is 6.92 Å². The lowest BCUT2D eigenvalue weighted by Gasteiger charge is -2.23. The molecule has 0 radical (unpaired) electrons. The largest absolute Gasteiger partial charge is 0.333 e. The highest BCUT2D eigenvalue weighted by atomic mass is 35.5. The van der Waals surface area contributed by atoms with Crippen molar-refractivity contribution in [3.63, 3.8) is 0 Å². The minimum atomic E-state index is -0.282. The average Bonchev–Trinajstić information content (AvgIpc) is 2.46. The number of hydrogen-bond donors (Lipinski definition) is 0. The molecule has 0 aromatic carbocycles. The van der Waals surface area contributed by atoms with E-state index in [2.05, 4.69) is 0 Å². The molecule has 1 aliphatic rings. The number of ketones is 1. The highest BCUT2D eigenvalue weighted by molar-refractivity contribution is 6.28. The Kier molecular flexibility index (Phi) is 3.31. The molecule has 1 fully saturated rings. The zero-order valence-corrected chi connectivity index (χ0v) is 8.67. The molecule has 1 heterocycles. The number of amides is 1. The minimum absolute atomic E-state index is 0.00120. The fraction of sp³-hybridized carbons (Fsp3) is 0.778. The van der Waals surface area contributed by atoms with E-state index in [1.165, 1.54) is 6.92 Å². The van der Waals surface area contributed by atoms with Crippen molar-refractivity contribution in [1.29, 1.82) is 0 Å². The third-order valence-electron chi connectivity index (χ3n) is 2.57. The van der Waals surface area contributed by atoms with E-state index in [-0.39, 0.29) is 29.5 Å². The predicted octanol–water partition coefficient (Wildman–Crippen LogP) is 1.05. The van der Waals surface area contributed by atoms with Crippen molar-refractivity contribution in [2.75, 3.05) is 12.4 Å². The number of carbonyl (C=O) groups excluding carboxylic acids is 2. The molecule has 0 spiro atoms. The Morgan fingerprint density at radius 2 is 2.15 bits per heavy atom. The fourth-order valence-electron chi connectivity index (χ4n) is 1.87. The van der Waals surface area contributed by atoms with E-state index in [9.17, 15) is 9.59 Å². The topological polar surface area (TPSA) is 37.4 Å². The van der Waals surface area contributed by atoms with Crippen LogP contribution in [0.5, 0.6) is 0 Å². The summed E-state index contributed by atoms with van der Waals surface area (Å²) < 4.78 is 0. The van der Waals surface area contributed by atoms with Crippen LogP contribution in [0.3, 0.4) is 0 Å². The summed E-state index contributed by atoms with van der Waals surface area (Å²) in [6.07, 6.45) is 0.896. The van der Waals surface area contributed by atoms with Crippen molar-refractivity contribution in [3.8, 4) is 0 Å². The van der Waals surface area contributed by atoms with E-state index in [4.69, 9.17) is 11.6 Å². The van der Waals surface area contributed by atoms with Crippen LogP contribution in [0.15, 0.2) is 0 Å². The summed E-state index contributed by atoms with van der Waals surface area (Å²) >= 11 is 5.48. The summed E-state index contributed by atoms with van der Waals surface area (Å²) in [6.45, 7) is 4.16. The third kappa shape index (κ3) is 2.02. The van der Waals surface area contributed by atoms with Crippen LogP contribution in [0.2, 0.25) is 0 Å². The number of nitrogens with zero attached hydrogens (tertiary/aromatic N) is 1. The molecule has 0 N–H and O–H groups in total. The molecule has 1 saturated heterocycles. The van der Waals surface area contributed by atoms with E-state index >= 15 is 0 Å². The molecule has 0 aromatic heterocycles. The Balaban J connectivity index is 2.76. The number of alkyl halides is 1. The van der Waals surface area contributed by atoms with Gasteiger partial charge in [0.05, 0.1) is 11.9 Å². The van der Waals surface area contributed by atoms with Crippen LogP contribution in [0.1, 0.15) is 20.3 Å². The molecular weight excluding hydrogens is 190 g/mol. The number of hydrogen-bond acceptors (Lipinski definition) is 2. The van der Waals surface area contributed by atoms with Gasteiger partial charge in [0.25, 0.3) is 0 Å². The number of likely N-dealkylation sites (tertiary alicyclic amines) is 1. The van der Waals surface area contributed by atoms with Gasteiger partial charge in [-0.05, 0) is 12.3 Å². The maximum absolute atomic E-state index is 11.4. The molecule has 0 aromatic rings. The van der Waals surface area contributed by atoms with Crippen LogP contribution in [-0.2, 0) is 9.59 Å². The molecule has 0 bridgehead atoms. The highest BCUT2D eigenvalue weighted by Gasteiger charge is 2.37. The SMILES string of the molecule is CC(=O)N1CCC(C)C1C(=O)CCl. The Hall–Kier alpha value is -0.570. The van der Waals surface area contributed by atoms with Crippen LogP contribution >= 0.6 is 11.6 Å². The van der Waals surface area contributed by atoms with Crippen molar-refractivity contribution in [2.24, 2.45) is 5.92 Å². The van der Waals surface area contributed by atoms with E-state index in [0.717, 1.165) is 6.42 Å². The molecule has 2 unspecified atom stereocenters. The third-order valence-corrected chi connectivity index (χ3v) is 2.83. The molecule has 74 valence electrons. The van der Waals surface area contributed by atoms with Gasteiger partial charge >= 0.3 is 0 Å². The first kappa shape index (κ1) is 10.5. The number of halogens is 1. The minimum Gasteiger partial charge on any atom is -0.333 e. The van der Waals surface area contributed by atoms with Crippen molar-refractivity contribution < 1.29 is 9.59 Å². The van der Waals surface area contributed by atoms with Crippen molar-refractivity contribution >= 4 is 23.3 Å². The molecule has 1 rings (SSSR count). The monoisotopic (exact) mass is 203 g/mol. The van der Waals surface area contributed by atoms with E-state index in [0.29, 0.717) is 6.54 Å². The zero-order valence-electron chi connectivity index (χ0n) is 7.92. The lowest BCUT2D eigenvalue weighted by Crippen LogP contribution is -2.42. The van der Waals surface area contributed by atoms with Crippen LogP contribution in [0, 0.1) is 5.92 Å². The predicted molar refractivity (Wildman–Crippen MR) is 50.7 cm³/mol. The summed E-state index contributed by atoms with van der Waals surface area (Å²) in [5, 5.41) is 0. The van der Waals surface area contributed by atoms with Crippen molar-refractivity contribution in [1.82, 2.24) is 4.90 Å². The van der Waals surface area contributed by atoms with Gasteiger partial charge in [-0.25, -0.2) is 0 Å². The zero-order chi connectivity index (χ0) is 10.0. The van der Waals surface area contributed by atoms with Gasteiger partial charge in [-0.15, -0.1) is 11.6 Å². The molecule has 0 saturated carbocycles. The lowest BCUT2D eigenvalue weighted by atomic mass is 10.00. The Bertz CT molecular complexity index is 230. The van der Waals surface area contributed by atoms with E-state index in [1.807, 2.05) is 6.92 Å². The Morgan fingerprint density at radius 3 is 2.62 bits per heavy atom. The Labute approximate surface area is 83.0 Å². The lowest BCUT2D eigenvalue weighted by molar-refractivity contribution is -0.135. The van der Waals surface area contributed by atoms with Crippen LogP contribution in [0.25, 0.3) is 0 Å². The van der Waals surface area contributed by atoms with Gasteiger partial charge in [-0.3, -0.25) is 9.59 Å². The maximum atomic E-state index is 11.4. The van der Waals surface area contributed by atoms with Crippen molar-refractivity contribution in [3.05, 3.63) is 0 Å². The van der Waals surface area contributed by atoms with Crippen LogP contribution in [0.4, 0.5) is 0 Å². The van der Waals surface area contributed by atoms with E-state index in [1.54, 1.807) is 4.90 Å². The number of carbonyl (C=O) groups is 2. The van der Waals surface area contributed by atoms with Crippen LogP contribution < -0.4 is 0 Å². The first-order valence-electron chi connectivity index (χ1n) is 4.43. The Morgan fingerprint density at radius 1 is 1.54 bits per heavy atom. The van der Waals surface area contributed by atoms with Crippen LogP contribution in [-0.4, -0.2) is 35.1 Å². The second kappa shape index (κ2) is 4.09. The molecule has 1 aliphatic heterocycles. The summed E-state index contributed by atoms with van der Waals surface area (Å²) in [5.74, 6) is 0.170. The number of rotatable bonds is 2. The first-order chi connectivity index (χ1) is 6.07. The quantitative estimate of drug-likeness (QED) is 0.630. The molecule has 1 amide bonds. The second-order valence-corrected chi connectivity index (χ2v) is 3.79. The van der Waals surface area contributed by atoms with Crippen molar-refractivity contribution in [2.45, 2.75) is 26.3 Å². The molecule has 2 atom stereocenters. The summed E-state index contributed by atoms with van der Waals surface area (Å²) in [6, 6.07) is -0.282. The number of Topliss-reactive ketones (excluding diaryl/α,β-unsaturated/α-hetero) is 1. The highest BCUT2D eigenvalue weighted by Crippen LogP contribution is 2.24. The van der Waals surface area contributed by atoms with Gasteiger partial charge in [-0.2, -0.15) is 0 Å². The molecule has 13 heavy (non-hydrogen) atoms. The second-order valence-electron chi connectivity index (χ2n) is 3.52. The summed E-state index contributed by atoms with van der Waals surface area (Å²) in [4.78, 5) is 24.2. The van der Waals surface area contributed by atoms with Gasteiger partial charge in [0.2, 0.25) is 5.91 Å². The normalized spacial score (nSPS) is 27.8. The summed E-state index contributed by atoms with van der Waals surface area (Å²) in [5.41, 5.74) is 0. The fourth-order valence-corrected chi connectivity index (χ4v) is 2.03. The standard InChI is InChI=1S/C9H14ClNO2/c1-6-3-4-11(7(2)12)9(6)8(13)5-10/h6,9H,3-5H2,1-2H3. The summed E-state index contributed by atoms with van der Waals surface area (Å²) in [7, 11) is 0. The van der Waals surface area contributed by atoms with E-state index < -0.39 is 0 Å². The molecule has 4 heteroatoms. The first-order valence-corrected chi connectivity index (χ1v) is 4.97. The molecular formula is C9H14ClNO2. The smallest absolute Gasteiger partial charge is 0.220 e. The molecule has 0 aliphatic carbocycles. The average molecular weight is 204 g/mol. The molecule has 3 nitrogen and oxygen atoms in total. The van der Waals surface area contributed by atoms with Gasteiger partial charge < -0.3 is 4.90 Å². The van der Waals surface area contributed by atoms with Gasteiger partial charge in [0.15, 0.2) is 5.78 Å². The van der Waals surface area contributed by atoms with Gasteiger partial charge in [0.1, 0.15) is 0 Å².